The number of rotatable bonds is 4. The van der Waals surface area contributed by atoms with Gasteiger partial charge < -0.3 is 5.32 Å². The van der Waals surface area contributed by atoms with Gasteiger partial charge in [0.25, 0.3) is 0 Å². The molecule has 0 unspecified atom stereocenters. The van der Waals surface area contributed by atoms with E-state index in [9.17, 15) is 14.0 Å². The third-order valence-corrected chi connectivity index (χ3v) is 4.13. The van der Waals surface area contributed by atoms with Crippen molar-refractivity contribution in [2.24, 2.45) is 0 Å². The fourth-order valence-electron chi connectivity index (χ4n) is 1.88. The Morgan fingerprint density at radius 3 is 2.89 bits per heavy atom. The second-order valence-electron chi connectivity index (χ2n) is 4.25. The zero-order valence-corrected chi connectivity index (χ0v) is 11.4. The molecule has 1 heterocycles. The molecule has 0 saturated carbocycles. The molecule has 19 heavy (non-hydrogen) atoms. The van der Waals surface area contributed by atoms with Gasteiger partial charge in [-0.2, -0.15) is 0 Å². The van der Waals surface area contributed by atoms with Crippen LogP contribution in [-0.2, 0) is 4.79 Å². The molecule has 1 fully saturated rings. The smallest absolute Gasteiger partial charge is 0.324 e. The highest BCUT2D eigenvalue weighted by molar-refractivity contribution is 8.00. The lowest BCUT2D eigenvalue weighted by atomic mass is 10.1. The fraction of sp³-hybridized carbons (Fsp3) is 0.385. The number of benzene rings is 1. The third kappa shape index (κ3) is 3.26. The Balaban J connectivity index is 1.90. The Bertz CT molecular complexity index is 495. The van der Waals surface area contributed by atoms with Crippen molar-refractivity contribution in [1.82, 2.24) is 10.2 Å². The van der Waals surface area contributed by atoms with Crippen molar-refractivity contribution in [3.05, 3.63) is 35.6 Å². The predicted molar refractivity (Wildman–Crippen MR) is 72.4 cm³/mol. The number of carbonyl (C=O) groups is 2. The molecule has 4 nitrogen and oxygen atoms in total. The second kappa shape index (κ2) is 6.06. The maximum Gasteiger partial charge on any atom is 0.324 e. The molecule has 0 spiro atoms. The van der Waals surface area contributed by atoms with E-state index in [1.54, 1.807) is 18.2 Å². The van der Waals surface area contributed by atoms with Gasteiger partial charge >= 0.3 is 6.03 Å². The predicted octanol–water partition coefficient (Wildman–Crippen LogP) is 2.17. The monoisotopic (exact) mass is 282 g/mol. The van der Waals surface area contributed by atoms with E-state index >= 15 is 0 Å². The molecule has 1 aromatic carbocycles. The number of carbonyl (C=O) groups excluding carboxylic acids is 2. The van der Waals surface area contributed by atoms with Gasteiger partial charge in [-0.25, -0.2) is 9.18 Å². The first kappa shape index (κ1) is 13.9. The summed E-state index contributed by atoms with van der Waals surface area (Å²) in [5, 5.41) is 2.45. The summed E-state index contributed by atoms with van der Waals surface area (Å²) in [5.41, 5.74) is 0.575. The Morgan fingerprint density at radius 1 is 1.53 bits per heavy atom. The van der Waals surface area contributed by atoms with Crippen molar-refractivity contribution in [3.8, 4) is 0 Å². The Labute approximate surface area is 115 Å². The van der Waals surface area contributed by atoms with E-state index < -0.39 is 0 Å². The highest BCUT2D eigenvalue weighted by atomic mass is 32.2. The maximum absolute atomic E-state index is 13.6. The first-order chi connectivity index (χ1) is 9.09. The van der Waals surface area contributed by atoms with Crippen LogP contribution >= 0.6 is 11.8 Å². The summed E-state index contributed by atoms with van der Waals surface area (Å²) >= 11 is 1.33. The number of hydrogen-bond donors (Lipinski definition) is 1. The molecule has 1 atom stereocenters. The molecule has 1 aliphatic rings. The fourth-order valence-corrected chi connectivity index (χ4v) is 2.80. The highest BCUT2D eigenvalue weighted by Crippen LogP contribution is 2.30. The number of thioether (sulfide) groups is 1. The van der Waals surface area contributed by atoms with Gasteiger partial charge in [0.2, 0.25) is 5.91 Å². The zero-order valence-electron chi connectivity index (χ0n) is 10.6. The standard InChI is InChI=1S/C13H15FN2O2S/c1-9(10-4-2-3-5-11(10)14)19-8-12(17)16-7-6-15-13(16)18/h2-5,9H,6-8H2,1H3,(H,15,18)/t9-/m0/s1. The van der Waals surface area contributed by atoms with Crippen molar-refractivity contribution in [2.75, 3.05) is 18.8 Å². The molecule has 0 radical (unpaired) electrons. The van der Waals surface area contributed by atoms with E-state index in [0.717, 1.165) is 0 Å². The summed E-state index contributed by atoms with van der Waals surface area (Å²) in [6, 6.07) is 6.17. The number of amides is 3. The van der Waals surface area contributed by atoms with Crippen LogP contribution in [0.15, 0.2) is 24.3 Å². The molecule has 3 amide bonds. The van der Waals surface area contributed by atoms with E-state index in [2.05, 4.69) is 5.32 Å². The first-order valence-corrected chi connectivity index (χ1v) is 7.08. The normalized spacial score (nSPS) is 16.3. The average Bonchev–Trinajstić information content (AvgIpc) is 2.82. The molecule has 0 aromatic heterocycles. The topological polar surface area (TPSA) is 49.4 Å². The van der Waals surface area contributed by atoms with Crippen LogP contribution in [0.3, 0.4) is 0 Å². The van der Waals surface area contributed by atoms with Crippen LogP contribution in [0.2, 0.25) is 0 Å². The minimum absolute atomic E-state index is 0.129. The Kier molecular flexibility index (Phi) is 4.42. The molecule has 1 aliphatic heterocycles. The van der Waals surface area contributed by atoms with Gasteiger partial charge in [-0.15, -0.1) is 11.8 Å². The minimum atomic E-state index is -0.343. The SMILES string of the molecule is C[C@H](SCC(=O)N1CCNC1=O)c1ccccc1F. The first-order valence-electron chi connectivity index (χ1n) is 6.04. The van der Waals surface area contributed by atoms with Crippen LogP contribution in [0, 0.1) is 5.82 Å². The largest absolute Gasteiger partial charge is 0.336 e. The quantitative estimate of drug-likeness (QED) is 0.920. The maximum atomic E-state index is 13.6. The number of nitrogens with zero attached hydrogens (tertiary/aromatic N) is 1. The Hall–Kier alpha value is -1.56. The van der Waals surface area contributed by atoms with Crippen LogP contribution in [0.1, 0.15) is 17.7 Å². The van der Waals surface area contributed by atoms with E-state index in [0.29, 0.717) is 18.7 Å². The van der Waals surface area contributed by atoms with Crippen LogP contribution in [0.25, 0.3) is 0 Å². The van der Waals surface area contributed by atoms with Crippen molar-refractivity contribution >= 4 is 23.7 Å². The van der Waals surface area contributed by atoms with Crippen LogP contribution in [0.5, 0.6) is 0 Å². The molecule has 0 aliphatic carbocycles. The van der Waals surface area contributed by atoms with Crippen LogP contribution in [-0.4, -0.2) is 35.7 Å². The van der Waals surface area contributed by atoms with Gasteiger partial charge in [-0.1, -0.05) is 18.2 Å². The zero-order chi connectivity index (χ0) is 13.8. The Morgan fingerprint density at radius 2 is 2.26 bits per heavy atom. The minimum Gasteiger partial charge on any atom is -0.336 e. The van der Waals surface area contributed by atoms with Gasteiger partial charge in [0.15, 0.2) is 0 Å². The summed E-state index contributed by atoms with van der Waals surface area (Å²) in [7, 11) is 0. The molecular formula is C13H15FN2O2S. The summed E-state index contributed by atoms with van der Waals surface area (Å²) < 4.78 is 13.6. The van der Waals surface area contributed by atoms with Gasteiger partial charge in [0.1, 0.15) is 5.82 Å². The summed E-state index contributed by atoms with van der Waals surface area (Å²) in [4.78, 5) is 24.3. The molecule has 102 valence electrons. The number of hydrogen-bond acceptors (Lipinski definition) is 3. The molecule has 2 rings (SSSR count). The van der Waals surface area contributed by atoms with Gasteiger partial charge in [-0.05, 0) is 13.0 Å². The molecule has 1 N–H and O–H groups in total. The van der Waals surface area contributed by atoms with Gasteiger partial charge in [-0.3, -0.25) is 9.69 Å². The number of imide groups is 1. The number of nitrogens with one attached hydrogen (secondary N) is 1. The van der Waals surface area contributed by atoms with Crippen molar-refractivity contribution in [3.63, 3.8) is 0 Å². The van der Waals surface area contributed by atoms with Crippen LogP contribution < -0.4 is 5.32 Å². The van der Waals surface area contributed by atoms with Crippen molar-refractivity contribution in [1.29, 1.82) is 0 Å². The summed E-state index contributed by atoms with van der Waals surface area (Å²) in [6.07, 6.45) is 0. The van der Waals surface area contributed by atoms with Gasteiger partial charge in [0, 0.05) is 23.9 Å². The summed E-state index contributed by atoms with van der Waals surface area (Å²) in [6.45, 7) is 2.75. The highest BCUT2D eigenvalue weighted by Gasteiger charge is 2.26. The molecular weight excluding hydrogens is 267 g/mol. The third-order valence-electron chi connectivity index (χ3n) is 2.96. The van der Waals surface area contributed by atoms with Crippen molar-refractivity contribution < 1.29 is 14.0 Å². The second-order valence-corrected chi connectivity index (χ2v) is 5.58. The lowest BCUT2D eigenvalue weighted by Gasteiger charge is -2.15. The van der Waals surface area contributed by atoms with Crippen LogP contribution in [0.4, 0.5) is 9.18 Å². The van der Waals surface area contributed by atoms with E-state index in [1.807, 2.05) is 6.92 Å². The van der Waals surface area contributed by atoms with Gasteiger partial charge in [0.05, 0.1) is 5.75 Å². The van der Waals surface area contributed by atoms with E-state index in [1.165, 1.54) is 22.7 Å². The molecule has 1 aromatic rings. The number of halogens is 1. The van der Waals surface area contributed by atoms with E-state index in [-0.39, 0.29) is 28.8 Å². The average molecular weight is 282 g/mol. The summed E-state index contributed by atoms with van der Waals surface area (Å²) in [5.74, 6) is -0.333. The molecule has 6 heteroatoms. The molecule has 0 bridgehead atoms. The molecule has 1 saturated heterocycles. The van der Waals surface area contributed by atoms with Crippen molar-refractivity contribution in [2.45, 2.75) is 12.2 Å². The lowest BCUT2D eigenvalue weighted by Crippen LogP contribution is -2.35. The van der Waals surface area contributed by atoms with E-state index in [4.69, 9.17) is 0 Å². The lowest BCUT2D eigenvalue weighted by molar-refractivity contribution is -0.124. The number of urea groups is 1.